The Balaban J connectivity index is 1.82. The highest BCUT2D eigenvalue weighted by molar-refractivity contribution is 6.22. The van der Waals surface area contributed by atoms with Gasteiger partial charge >= 0.3 is 0 Å². The van der Waals surface area contributed by atoms with Gasteiger partial charge in [-0.1, -0.05) is 0 Å². The largest absolute Gasteiger partial charge is 0.497 e. The van der Waals surface area contributed by atoms with Crippen LogP contribution in [0.3, 0.4) is 0 Å². The normalized spacial score (nSPS) is 22.6. The van der Waals surface area contributed by atoms with E-state index >= 15 is 0 Å². The summed E-state index contributed by atoms with van der Waals surface area (Å²) in [7, 11) is 6.15. The summed E-state index contributed by atoms with van der Waals surface area (Å²) in [5.74, 6) is 0.978. The first-order valence-corrected chi connectivity index (χ1v) is 9.54. The number of likely N-dealkylation sites (N-methyl/N-ethyl adjacent to an activating group) is 1. The van der Waals surface area contributed by atoms with Crippen molar-refractivity contribution >= 4 is 17.5 Å². The van der Waals surface area contributed by atoms with Crippen molar-refractivity contribution in [1.29, 1.82) is 0 Å². The van der Waals surface area contributed by atoms with E-state index in [9.17, 15) is 14.7 Å². The Morgan fingerprint density at radius 1 is 1.00 bits per heavy atom. The Bertz CT molecular complexity index is 1020. The molecule has 2 atom stereocenters. The van der Waals surface area contributed by atoms with Gasteiger partial charge in [0.2, 0.25) is 11.8 Å². The van der Waals surface area contributed by atoms with E-state index in [2.05, 4.69) is 0 Å². The number of carbonyl (C=O) groups is 2. The average Bonchev–Trinajstić information content (AvgIpc) is 3.14. The molecule has 0 aliphatic carbocycles. The molecule has 2 aromatic carbocycles. The minimum atomic E-state index is -1.46. The van der Waals surface area contributed by atoms with Crippen molar-refractivity contribution in [3.05, 3.63) is 47.5 Å². The summed E-state index contributed by atoms with van der Waals surface area (Å²) in [6, 6.07) is 10.6. The number of likely N-dealkylation sites (tertiary alicyclic amines) is 1. The highest BCUT2D eigenvalue weighted by atomic mass is 16.5. The summed E-state index contributed by atoms with van der Waals surface area (Å²) >= 11 is 0. The number of ether oxygens (including phenoxy) is 3. The maximum Gasteiger partial charge on any atom is 0.247 e. The molecule has 8 nitrogen and oxygen atoms in total. The predicted molar refractivity (Wildman–Crippen MR) is 109 cm³/mol. The molecule has 2 aliphatic rings. The molecule has 1 spiro atoms. The fourth-order valence-electron chi connectivity index (χ4n) is 4.32. The summed E-state index contributed by atoms with van der Waals surface area (Å²) < 4.78 is 16.1. The van der Waals surface area contributed by atoms with Gasteiger partial charge in [-0.05, 0) is 30.3 Å². The number of amides is 2. The van der Waals surface area contributed by atoms with Crippen LogP contribution in [0.5, 0.6) is 17.2 Å². The molecule has 2 aliphatic heterocycles. The first kappa shape index (κ1) is 20.0. The van der Waals surface area contributed by atoms with Gasteiger partial charge in [0.15, 0.2) is 5.41 Å². The van der Waals surface area contributed by atoms with Crippen LogP contribution in [0.15, 0.2) is 36.4 Å². The molecule has 0 bridgehead atoms. The van der Waals surface area contributed by atoms with Crippen LogP contribution in [-0.2, 0) is 21.5 Å². The third-order valence-electron chi connectivity index (χ3n) is 6.01. The minimum Gasteiger partial charge on any atom is -0.497 e. The topological polar surface area (TPSA) is 88.5 Å². The van der Waals surface area contributed by atoms with Crippen molar-refractivity contribution in [2.24, 2.45) is 0 Å². The van der Waals surface area contributed by atoms with Gasteiger partial charge in [0.25, 0.3) is 0 Å². The fourth-order valence-corrected chi connectivity index (χ4v) is 4.32. The molecule has 2 aromatic rings. The quantitative estimate of drug-likeness (QED) is 0.752. The number of hydrogen-bond donors (Lipinski definition) is 1. The van der Waals surface area contributed by atoms with Crippen LogP contribution in [0, 0.1) is 0 Å². The van der Waals surface area contributed by atoms with Gasteiger partial charge in [0.1, 0.15) is 23.5 Å². The molecule has 1 unspecified atom stereocenters. The molecule has 0 radical (unpaired) electrons. The number of benzene rings is 2. The van der Waals surface area contributed by atoms with Crippen LogP contribution in [0.4, 0.5) is 5.69 Å². The highest BCUT2D eigenvalue weighted by Gasteiger charge is 2.62. The Labute approximate surface area is 174 Å². The second-order valence-electron chi connectivity index (χ2n) is 7.46. The second kappa shape index (κ2) is 7.21. The van der Waals surface area contributed by atoms with Gasteiger partial charge in [-0.15, -0.1) is 0 Å². The molecule has 4 rings (SSSR count). The predicted octanol–water partition coefficient (Wildman–Crippen LogP) is 1.68. The lowest BCUT2D eigenvalue weighted by atomic mass is 9.79. The lowest BCUT2D eigenvalue weighted by Crippen LogP contribution is -2.45. The van der Waals surface area contributed by atoms with E-state index in [0.717, 1.165) is 5.56 Å². The smallest absolute Gasteiger partial charge is 0.247 e. The Hall–Kier alpha value is -3.26. The van der Waals surface area contributed by atoms with Crippen molar-refractivity contribution < 1.29 is 28.9 Å². The Kier molecular flexibility index (Phi) is 4.82. The van der Waals surface area contributed by atoms with Crippen molar-refractivity contribution in [3.63, 3.8) is 0 Å². The van der Waals surface area contributed by atoms with Gasteiger partial charge in [-0.3, -0.25) is 9.59 Å². The molecular weight excluding hydrogens is 388 g/mol. The molecule has 2 heterocycles. The number of carbonyl (C=O) groups excluding carboxylic acids is 2. The molecule has 30 heavy (non-hydrogen) atoms. The zero-order chi connectivity index (χ0) is 21.6. The second-order valence-corrected chi connectivity index (χ2v) is 7.46. The number of methoxy groups -OCH3 is 3. The number of aliphatic hydroxyl groups is 1. The van der Waals surface area contributed by atoms with Crippen molar-refractivity contribution in [2.75, 3.05) is 33.3 Å². The van der Waals surface area contributed by atoms with Gasteiger partial charge in [-0.2, -0.15) is 0 Å². The summed E-state index contributed by atoms with van der Waals surface area (Å²) in [5, 5.41) is 10.3. The monoisotopic (exact) mass is 412 g/mol. The van der Waals surface area contributed by atoms with E-state index in [4.69, 9.17) is 14.2 Å². The zero-order valence-corrected chi connectivity index (χ0v) is 17.3. The SMILES string of the molecule is COc1ccc(CN2C(=O)[C@@]3(CC(O)N(C)C3=O)c3cc(OC)ccc32)c(OC)c1. The minimum absolute atomic E-state index is 0.00240. The Morgan fingerprint density at radius 3 is 2.27 bits per heavy atom. The number of nitrogens with zero attached hydrogens (tertiary/aromatic N) is 2. The van der Waals surface area contributed by atoms with Crippen molar-refractivity contribution in [3.8, 4) is 17.2 Å². The molecule has 0 saturated carbocycles. The summed E-state index contributed by atoms with van der Waals surface area (Å²) in [5.41, 5.74) is 0.477. The maximum absolute atomic E-state index is 13.7. The molecule has 1 saturated heterocycles. The zero-order valence-electron chi connectivity index (χ0n) is 17.3. The molecule has 1 fully saturated rings. The lowest BCUT2D eigenvalue weighted by molar-refractivity contribution is -0.139. The molecule has 0 aromatic heterocycles. The Morgan fingerprint density at radius 2 is 1.67 bits per heavy atom. The number of rotatable bonds is 5. The molecule has 8 heteroatoms. The van der Waals surface area contributed by atoms with E-state index in [0.29, 0.717) is 28.5 Å². The van der Waals surface area contributed by atoms with Gasteiger partial charge in [0.05, 0.1) is 27.9 Å². The van der Waals surface area contributed by atoms with Crippen LogP contribution in [0.2, 0.25) is 0 Å². The van der Waals surface area contributed by atoms with E-state index in [1.807, 2.05) is 6.07 Å². The summed E-state index contributed by atoms with van der Waals surface area (Å²) in [6.07, 6.45) is -1.03. The number of fused-ring (bicyclic) bond motifs is 2. The van der Waals surface area contributed by atoms with Crippen molar-refractivity contribution in [1.82, 2.24) is 4.90 Å². The third kappa shape index (κ3) is 2.71. The lowest BCUT2D eigenvalue weighted by Gasteiger charge is -2.23. The van der Waals surface area contributed by atoms with Gasteiger partial charge < -0.3 is 29.1 Å². The molecule has 158 valence electrons. The van der Waals surface area contributed by atoms with Crippen LogP contribution >= 0.6 is 0 Å². The number of hydrogen-bond acceptors (Lipinski definition) is 6. The highest BCUT2D eigenvalue weighted by Crippen LogP contribution is 2.51. The summed E-state index contributed by atoms with van der Waals surface area (Å²) in [4.78, 5) is 29.6. The number of aliphatic hydroxyl groups excluding tert-OH is 1. The van der Waals surface area contributed by atoms with E-state index in [1.165, 1.54) is 19.1 Å². The van der Waals surface area contributed by atoms with E-state index < -0.39 is 17.6 Å². The van der Waals surface area contributed by atoms with Crippen LogP contribution in [-0.4, -0.2) is 56.4 Å². The van der Waals surface area contributed by atoms with Crippen molar-refractivity contribution in [2.45, 2.75) is 24.6 Å². The number of anilines is 1. The molecule has 2 amide bonds. The third-order valence-corrected chi connectivity index (χ3v) is 6.01. The van der Waals surface area contributed by atoms with Crippen LogP contribution in [0.25, 0.3) is 0 Å². The fraction of sp³-hybridized carbons (Fsp3) is 0.364. The van der Waals surface area contributed by atoms with Crippen LogP contribution < -0.4 is 19.1 Å². The molecule has 1 N–H and O–H groups in total. The van der Waals surface area contributed by atoms with Gasteiger partial charge in [-0.25, -0.2) is 0 Å². The molecular formula is C22H24N2O6. The maximum atomic E-state index is 13.7. The summed E-state index contributed by atoms with van der Waals surface area (Å²) in [6.45, 7) is 0.209. The average molecular weight is 412 g/mol. The van der Waals surface area contributed by atoms with Gasteiger partial charge in [0, 0.05) is 36.3 Å². The first-order chi connectivity index (χ1) is 14.4. The van der Waals surface area contributed by atoms with Crippen LogP contribution in [0.1, 0.15) is 17.5 Å². The van der Waals surface area contributed by atoms with E-state index in [-0.39, 0.29) is 18.9 Å². The standard InChI is InChI=1S/C22H24N2O6/c1-23-19(25)11-22(20(23)26)16-9-14(28-2)7-8-17(16)24(21(22)27)12-13-5-6-15(29-3)10-18(13)30-4/h5-10,19,25H,11-12H2,1-4H3/t19?,22-/m0/s1. The first-order valence-electron chi connectivity index (χ1n) is 9.54. The van der Waals surface area contributed by atoms with E-state index in [1.54, 1.807) is 49.5 Å².